The van der Waals surface area contributed by atoms with Gasteiger partial charge in [0.1, 0.15) is 22.3 Å². The number of fused-ring (bicyclic) bond motifs is 12. The second kappa shape index (κ2) is 28.6. The van der Waals surface area contributed by atoms with Gasteiger partial charge in [-0.05, 0) is 224 Å². The summed E-state index contributed by atoms with van der Waals surface area (Å²) >= 11 is 0. The molecule has 22 aromatic rings. The van der Waals surface area contributed by atoms with E-state index in [1.54, 1.807) is 0 Å². The normalized spacial score (nSPS) is 11.5. The highest BCUT2D eigenvalue weighted by Gasteiger charge is 2.21. The molecule has 0 amide bonds. The standard InChI is InChI=1S/2C54H36N2O/c1-2-11-37(12-3-1)38-21-28-43(29-22-38)55(45-32-25-40(26-33-45)42-27-34-54-50(36-42)49-17-6-9-20-53(49)57-54)44-30-23-39(24-31-44)41-13-10-14-46(35-41)56-51-18-7-4-15-47(51)48-16-5-8-19-52(48)56;1-2-11-37(12-3-1)38-21-28-43(29-22-38)55(45-32-25-40(26-33-45)42-27-34-50-49-17-6-9-20-53(49)57-54(50)36-42)44-30-23-39(24-31-44)41-13-10-14-46(35-41)56-51-18-7-4-15-47(51)48-16-5-8-19-52(48)56/h2*1-36H. The summed E-state index contributed by atoms with van der Waals surface area (Å²) < 4.78 is 17.1. The first kappa shape index (κ1) is 66.9. The lowest BCUT2D eigenvalue weighted by atomic mass is 10.0. The fraction of sp³-hybridized carbons (Fsp3) is 0. The summed E-state index contributed by atoms with van der Waals surface area (Å²) in [5, 5.41) is 9.61. The van der Waals surface area contributed by atoms with Crippen LogP contribution < -0.4 is 9.80 Å². The Balaban J connectivity index is 0.000000143. The van der Waals surface area contributed by atoms with Gasteiger partial charge in [0.25, 0.3) is 0 Å². The maximum absolute atomic E-state index is 6.23. The smallest absolute Gasteiger partial charge is 0.136 e. The van der Waals surface area contributed by atoms with Crippen molar-refractivity contribution in [1.82, 2.24) is 9.13 Å². The van der Waals surface area contributed by atoms with Gasteiger partial charge in [-0.25, -0.2) is 0 Å². The number of anilines is 6. The van der Waals surface area contributed by atoms with Gasteiger partial charge < -0.3 is 27.8 Å². The average Bonchev–Trinajstić information content (AvgIpc) is 1.62. The van der Waals surface area contributed by atoms with Crippen LogP contribution >= 0.6 is 0 Å². The Labute approximate surface area is 660 Å². The second-order valence-electron chi connectivity index (χ2n) is 29.1. The van der Waals surface area contributed by atoms with Crippen molar-refractivity contribution in [3.63, 3.8) is 0 Å². The van der Waals surface area contributed by atoms with Crippen LogP contribution in [0.2, 0.25) is 0 Å². The molecule has 0 saturated carbocycles. The molecule has 0 unspecified atom stereocenters. The molecular weight excluding hydrogens is 1390 g/mol. The summed E-state index contributed by atoms with van der Waals surface area (Å²) in [5.74, 6) is 0. The molecule has 0 fully saturated rings. The minimum atomic E-state index is 0.901. The first-order chi connectivity index (χ1) is 56.5. The van der Waals surface area contributed by atoms with Crippen LogP contribution in [0.5, 0.6) is 0 Å². The minimum Gasteiger partial charge on any atom is -0.456 e. The molecule has 0 aliphatic carbocycles. The minimum absolute atomic E-state index is 0.901. The highest BCUT2D eigenvalue weighted by Crippen LogP contribution is 2.44. The molecule has 4 heterocycles. The molecule has 0 saturated heterocycles. The fourth-order valence-corrected chi connectivity index (χ4v) is 16.8. The number of benzene rings is 18. The average molecular weight is 1460 g/mol. The maximum atomic E-state index is 6.23. The molecule has 0 bridgehead atoms. The van der Waals surface area contributed by atoms with Crippen LogP contribution in [0.1, 0.15) is 0 Å². The molecule has 0 radical (unpaired) electrons. The quantitative estimate of drug-likeness (QED) is 0.109. The van der Waals surface area contributed by atoms with E-state index in [1.807, 2.05) is 24.3 Å². The van der Waals surface area contributed by atoms with Gasteiger partial charge >= 0.3 is 0 Å². The fourth-order valence-electron chi connectivity index (χ4n) is 16.8. The van der Waals surface area contributed by atoms with Crippen LogP contribution in [-0.2, 0) is 0 Å². The Bertz CT molecular complexity index is 7190. The van der Waals surface area contributed by atoms with Crippen molar-refractivity contribution in [3.8, 4) is 78.1 Å². The van der Waals surface area contributed by atoms with Crippen molar-refractivity contribution >= 4 is 122 Å². The maximum Gasteiger partial charge on any atom is 0.136 e. The van der Waals surface area contributed by atoms with Crippen LogP contribution in [0.4, 0.5) is 34.1 Å². The van der Waals surface area contributed by atoms with Crippen LogP contribution in [0, 0.1) is 0 Å². The molecule has 18 aromatic carbocycles. The summed E-state index contributed by atoms with van der Waals surface area (Å²) in [6.07, 6.45) is 0. The molecule has 22 rings (SSSR count). The van der Waals surface area contributed by atoms with Gasteiger partial charge in [0, 0.05) is 88.6 Å². The third-order valence-electron chi connectivity index (χ3n) is 22.4. The second-order valence-corrected chi connectivity index (χ2v) is 29.1. The van der Waals surface area contributed by atoms with Gasteiger partial charge in [0.05, 0.1) is 22.1 Å². The van der Waals surface area contributed by atoms with Crippen molar-refractivity contribution < 1.29 is 8.83 Å². The van der Waals surface area contributed by atoms with Crippen molar-refractivity contribution in [2.45, 2.75) is 0 Å². The predicted molar refractivity (Wildman–Crippen MR) is 478 cm³/mol. The highest BCUT2D eigenvalue weighted by molar-refractivity contribution is 6.11. The van der Waals surface area contributed by atoms with Crippen LogP contribution in [0.25, 0.3) is 166 Å². The molecule has 0 N–H and O–H groups in total. The molecule has 536 valence electrons. The van der Waals surface area contributed by atoms with E-state index in [2.05, 4.69) is 431 Å². The third-order valence-corrected chi connectivity index (χ3v) is 22.4. The van der Waals surface area contributed by atoms with Gasteiger partial charge in [-0.2, -0.15) is 0 Å². The number of para-hydroxylation sites is 6. The molecule has 6 nitrogen and oxygen atoms in total. The molecule has 0 atom stereocenters. The lowest BCUT2D eigenvalue weighted by Crippen LogP contribution is -2.09. The molecule has 6 heteroatoms. The number of aromatic nitrogens is 2. The van der Waals surface area contributed by atoms with E-state index in [9.17, 15) is 0 Å². The van der Waals surface area contributed by atoms with E-state index in [-0.39, 0.29) is 0 Å². The summed E-state index contributed by atoms with van der Waals surface area (Å²) in [6.45, 7) is 0. The van der Waals surface area contributed by atoms with Crippen molar-refractivity contribution in [2.75, 3.05) is 9.80 Å². The van der Waals surface area contributed by atoms with E-state index in [0.29, 0.717) is 0 Å². The van der Waals surface area contributed by atoms with Crippen molar-refractivity contribution in [3.05, 3.63) is 437 Å². The summed E-state index contributed by atoms with van der Waals surface area (Å²) in [5.41, 5.74) is 31.3. The van der Waals surface area contributed by atoms with Crippen LogP contribution in [-0.4, -0.2) is 9.13 Å². The Kier molecular flexibility index (Phi) is 16.8. The van der Waals surface area contributed by atoms with Crippen molar-refractivity contribution in [2.24, 2.45) is 0 Å². The monoisotopic (exact) mass is 1460 g/mol. The predicted octanol–water partition coefficient (Wildman–Crippen LogP) is 30.3. The summed E-state index contributed by atoms with van der Waals surface area (Å²) in [6, 6.07) is 156. The number of rotatable bonds is 14. The van der Waals surface area contributed by atoms with E-state index >= 15 is 0 Å². The summed E-state index contributed by atoms with van der Waals surface area (Å²) in [4.78, 5) is 4.67. The lowest BCUT2D eigenvalue weighted by molar-refractivity contribution is 0.668. The van der Waals surface area contributed by atoms with Crippen LogP contribution in [0.3, 0.4) is 0 Å². The molecule has 4 aromatic heterocycles. The molecule has 114 heavy (non-hydrogen) atoms. The highest BCUT2D eigenvalue weighted by atomic mass is 16.3. The van der Waals surface area contributed by atoms with E-state index in [4.69, 9.17) is 8.83 Å². The summed E-state index contributed by atoms with van der Waals surface area (Å²) in [7, 11) is 0. The number of nitrogens with zero attached hydrogens (tertiary/aromatic N) is 4. The largest absolute Gasteiger partial charge is 0.456 e. The third kappa shape index (κ3) is 12.3. The van der Waals surface area contributed by atoms with Gasteiger partial charge in [-0.1, -0.05) is 279 Å². The van der Waals surface area contributed by atoms with Gasteiger partial charge in [-0.3, -0.25) is 0 Å². The zero-order chi connectivity index (χ0) is 75.4. The van der Waals surface area contributed by atoms with E-state index in [1.165, 1.54) is 82.6 Å². The SMILES string of the molecule is c1ccc(-c2ccc(N(c3ccc(-c4cccc(-n5c6ccccc6c6ccccc65)c4)cc3)c3ccc(-c4ccc5c(c4)oc4ccccc45)cc3)cc2)cc1.c1ccc(-c2ccc(N(c3ccc(-c4cccc(-n5c6ccccc6c6ccccc65)c4)cc3)c3ccc(-c4ccc5oc6ccccc6c5c4)cc3)cc2)cc1. The Morgan fingerprint density at radius 2 is 0.395 bits per heavy atom. The Morgan fingerprint density at radius 3 is 0.772 bits per heavy atom. The van der Waals surface area contributed by atoms with E-state index < -0.39 is 0 Å². The zero-order valence-electron chi connectivity index (χ0n) is 62.2. The Morgan fingerprint density at radius 1 is 0.149 bits per heavy atom. The van der Waals surface area contributed by atoms with Gasteiger partial charge in [0.2, 0.25) is 0 Å². The first-order valence-electron chi connectivity index (χ1n) is 38.8. The van der Waals surface area contributed by atoms with Crippen LogP contribution in [0.15, 0.2) is 446 Å². The molecular formula is C108H72N4O2. The molecule has 0 aliphatic rings. The first-order valence-corrected chi connectivity index (χ1v) is 38.8. The zero-order valence-corrected chi connectivity index (χ0v) is 62.2. The van der Waals surface area contributed by atoms with Gasteiger partial charge in [-0.15, -0.1) is 0 Å². The number of furan rings is 2. The van der Waals surface area contributed by atoms with Gasteiger partial charge in [0.15, 0.2) is 0 Å². The topological polar surface area (TPSA) is 42.6 Å². The molecule has 0 spiro atoms. The Hall–Kier alpha value is -15.2. The number of hydrogen-bond acceptors (Lipinski definition) is 4. The van der Waals surface area contributed by atoms with E-state index in [0.717, 1.165) is 117 Å². The van der Waals surface area contributed by atoms with Crippen molar-refractivity contribution in [1.29, 1.82) is 0 Å². The lowest BCUT2D eigenvalue weighted by Gasteiger charge is -2.26. The molecule has 0 aliphatic heterocycles. The number of hydrogen-bond donors (Lipinski definition) is 0.